The number of hydrogen-bond acceptors (Lipinski definition) is 4. The van der Waals surface area contributed by atoms with E-state index in [1.165, 1.54) is 5.56 Å². The Bertz CT molecular complexity index is 784. The second kappa shape index (κ2) is 6.12. The van der Waals surface area contributed by atoms with Gasteiger partial charge in [-0.3, -0.25) is 0 Å². The van der Waals surface area contributed by atoms with Gasteiger partial charge < -0.3 is 10.0 Å². The quantitative estimate of drug-likeness (QED) is 0.803. The Morgan fingerprint density at radius 2 is 1.73 bits per heavy atom. The number of aliphatic hydroxyl groups is 1. The molecule has 0 bridgehead atoms. The molecule has 0 spiro atoms. The number of aromatic nitrogens is 2. The van der Waals surface area contributed by atoms with E-state index < -0.39 is 0 Å². The van der Waals surface area contributed by atoms with Crippen molar-refractivity contribution in [2.24, 2.45) is 0 Å². The lowest BCUT2D eigenvalue weighted by Gasteiger charge is -2.17. The van der Waals surface area contributed by atoms with Gasteiger partial charge >= 0.3 is 0 Å². The summed E-state index contributed by atoms with van der Waals surface area (Å²) in [5.41, 5.74) is 4.13. The topological polar surface area (TPSA) is 49.2 Å². The van der Waals surface area contributed by atoms with Crippen molar-refractivity contribution < 1.29 is 5.11 Å². The van der Waals surface area contributed by atoms with Crippen LogP contribution in [0.15, 0.2) is 48.5 Å². The molecular formula is C18H19N3O. The number of likely N-dealkylation sites (N-methyl/N-ethyl adjacent to an activating group) is 1. The average Bonchev–Trinajstić information content (AvgIpc) is 2.55. The first-order valence-electron chi connectivity index (χ1n) is 7.35. The van der Waals surface area contributed by atoms with Crippen LogP contribution in [-0.4, -0.2) is 35.3 Å². The first-order chi connectivity index (χ1) is 10.7. The summed E-state index contributed by atoms with van der Waals surface area (Å²) >= 11 is 0. The van der Waals surface area contributed by atoms with Crippen LogP contribution in [0.3, 0.4) is 0 Å². The van der Waals surface area contributed by atoms with Crippen LogP contribution < -0.4 is 4.90 Å². The van der Waals surface area contributed by atoms with E-state index in [0.29, 0.717) is 12.5 Å². The zero-order valence-corrected chi connectivity index (χ0v) is 12.8. The Hall–Kier alpha value is -2.46. The van der Waals surface area contributed by atoms with Crippen molar-refractivity contribution in [3.05, 3.63) is 54.1 Å². The lowest BCUT2D eigenvalue weighted by molar-refractivity contribution is 0.303. The third kappa shape index (κ3) is 2.78. The SMILES string of the molecule is Cc1ccc(-c2nc(N(C)CCO)nc3ccccc23)cc1. The monoisotopic (exact) mass is 293 g/mol. The minimum absolute atomic E-state index is 0.0759. The summed E-state index contributed by atoms with van der Waals surface area (Å²) in [5.74, 6) is 0.628. The normalized spacial score (nSPS) is 10.9. The molecule has 0 unspecified atom stereocenters. The predicted octanol–water partition coefficient (Wildman–Crippen LogP) is 3.03. The van der Waals surface area contributed by atoms with Crippen LogP contribution in [0.25, 0.3) is 22.2 Å². The van der Waals surface area contributed by atoms with Gasteiger partial charge in [0.2, 0.25) is 5.95 Å². The summed E-state index contributed by atoms with van der Waals surface area (Å²) in [7, 11) is 1.89. The van der Waals surface area contributed by atoms with Gasteiger partial charge in [0.15, 0.2) is 0 Å². The van der Waals surface area contributed by atoms with E-state index in [-0.39, 0.29) is 6.61 Å². The Kier molecular flexibility index (Phi) is 4.02. The van der Waals surface area contributed by atoms with E-state index in [2.05, 4.69) is 36.2 Å². The highest BCUT2D eigenvalue weighted by Crippen LogP contribution is 2.28. The highest BCUT2D eigenvalue weighted by Gasteiger charge is 2.12. The summed E-state index contributed by atoms with van der Waals surface area (Å²) in [4.78, 5) is 11.2. The summed E-state index contributed by atoms with van der Waals surface area (Å²) < 4.78 is 0. The molecule has 1 aromatic heterocycles. The third-order valence-electron chi connectivity index (χ3n) is 3.69. The minimum Gasteiger partial charge on any atom is -0.395 e. The highest BCUT2D eigenvalue weighted by molar-refractivity contribution is 5.93. The molecule has 4 heteroatoms. The Labute approximate surface area is 130 Å². The number of nitrogens with zero attached hydrogens (tertiary/aromatic N) is 3. The molecule has 112 valence electrons. The summed E-state index contributed by atoms with van der Waals surface area (Å²) in [5, 5.41) is 10.2. The first-order valence-corrected chi connectivity index (χ1v) is 7.35. The largest absolute Gasteiger partial charge is 0.395 e. The molecule has 0 fully saturated rings. The highest BCUT2D eigenvalue weighted by atomic mass is 16.3. The lowest BCUT2D eigenvalue weighted by atomic mass is 10.1. The Balaban J connectivity index is 2.20. The van der Waals surface area contributed by atoms with Crippen molar-refractivity contribution >= 4 is 16.9 Å². The second-order valence-electron chi connectivity index (χ2n) is 5.40. The van der Waals surface area contributed by atoms with Crippen LogP contribution in [0.5, 0.6) is 0 Å². The number of para-hydroxylation sites is 1. The number of benzene rings is 2. The van der Waals surface area contributed by atoms with E-state index in [1.54, 1.807) is 0 Å². The predicted molar refractivity (Wildman–Crippen MR) is 90.1 cm³/mol. The molecule has 3 aromatic rings. The summed E-state index contributed by atoms with van der Waals surface area (Å²) in [6.45, 7) is 2.65. The number of rotatable bonds is 4. The number of aliphatic hydroxyl groups excluding tert-OH is 1. The Morgan fingerprint density at radius 3 is 2.45 bits per heavy atom. The molecule has 0 radical (unpaired) electrons. The smallest absolute Gasteiger partial charge is 0.226 e. The van der Waals surface area contributed by atoms with E-state index in [4.69, 9.17) is 10.1 Å². The molecule has 0 aliphatic carbocycles. The van der Waals surface area contributed by atoms with Gasteiger partial charge in [0.25, 0.3) is 0 Å². The van der Waals surface area contributed by atoms with Gasteiger partial charge in [0, 0.05) is 24.5 Å². The molecule has 0 saturated heterocycles. The van der Waals surface area contributed by atoms with Gasteiger partial charge in [-0.15, -0.1) is 0 Å². The van der Waals surface area contributed by atoms with Crippen molar-refractivity contribution in [3.8, 4) is 11.3 Å². The molecule has 4 nitrogen and oxygen atoms in total. The molecule has 22 heavy (non-hydrogen) atoms. The number of hydrogen-bond donors (Lipinski definition) is 1. The molecule has 2 aromatic carbocycles. The number of aryl methyl sites for hydroxylation is 1. The fourth-order valence-electron chi connectivity index (χ4n) is 2.42. The lowest BCUT2D eigenvalue weighted by Crippen LogP contribution is -2.23. The third-order valence-corrected chi connectivity index (χ3v) is 3.69. The molecule has 0 saturated carbocycles. The summed E-state index contributed by atoms with van der Waals surface area (Å²) in [6.07, 6.45) is 0. The van der Waals surface area contributed by atoms with Crippen LogP contribution in [0.1, 0.15) is 5.56 Å². The maximum atomic E-state index is 9.13. The second-order valence-corrected chi connectivity index (χ2v) is 5.40. The molecule has 3 rings (SSSR count). The van der Waals surface area contributed by atoms with E-state index in [1.807, 2.05) is 36.2 Å². The van der Waals surface area contributed by atoms with Gasteiger partial charge in [-0.1, -0.05) is 48.0 Å². The molecule has 1 N–H and O–H groups in total. The zero-order chi connectivity index (χ0) is 15.5. The van der Waals surface area contributed by atoms with Crippen molar-refractivity contribution in [1.82, 2.24) is 9.97 Å². The fourth-order valence-corrected chi connectivity index (χ4v) is 2.42. The van der Waals surface area contributed by atoms with Crippen molar-refractivity contribution in [3.63, 3.8) is 0 Å². The first kappa shape index (κ1) is 14.5. The van der Waals surface area contributed by atoms with Gasteiger partial charge in [-0.05, 0) is 13.0 Å². The minimum atomic E-state index is 0.0759. The van der Waals surface area contributed by atoms with Crippen molar-refractivity contribution in [2.75, 3.05) is 25.1 Å². The molecule has 0 amide bonds. The van der Waals surface area contributed by atoms with Crippen LogP contribution >= 0.6 is 0 Å². The maximum Gasteiger partial charge on any atom is 0.226 e. The van der Waals surface area contributed by atoms with Crippen molar-refractivity contribution in [1.29, 1.82) is 0 Å². The molecule has 0 aliphatic heterocycles. The van der Waals surface area contributed by atoms with E-state index in [9.17, 15) is 0 Å². The van der Waals surface area contributed by atoms with Crippen LogP contribution in [-0.2, 0) is 0 Å². The van der Waals surface area contributed by atoms with E-state index in [0.717, 1.165) is 22.2 Å². The zero-order valence-electron chi connectivity index (χ0n) is 12.8. The standard InChI is InChI=1S/C18H19N3O/c1-13-7-9-14(10-8-13)17-15-5-3-4-6-16(15)19-18(20-17)21(2)11-12-22/h3-10,22H,11-12H2,1-2H3. The van der Waals surface area contributed by atoms with Crippen LogP contribution in [0.2, 0.25) is 0 Å². The van der Waals surface area contributed by atoms with Crippen molar-refractivity contribution in [2.45, 2.75) is 6.92 Å². The van der Waals surface area contributed by atoms with Crippen LogP contribution in [0, 0.1) is 6.92 Å². The Morgan fingerprint density at radius 1 is 1.00 bits per heavy atom. The average molecular weight is 293 g/mol. The van der Waals surface area contributed by atoms with Gasteiger partial charge in [-0.2, -0.15) is 0 Å². The maximum absolute atomic E-state index is 9.13. The summed E-state index contributed by atoms with van der Waals surface area (Å²) in [6, 6.07) is 16.3. The number of anilines is 1. The molecular weight excluding hydrogens is 274 g/mol. The molecule has 1 heterocycles. The van der Waals surface area contributed by atoms with Gasteiger partial charge in [-0.25, -0.2) is 9.97 Å². The van der Waals surface area contributed by atoms with Gasteiger partial charge in [0.1, 0.15) is 0 Å². The van der Waals surface area contributed by atoms with E-state index >= 15 is 0 Å². The van der Waals surface area contributed by atoms with Gasteiger partial charge in [0.05, 0.1) is 17.8 Å². The molecule has 0 aliphatic rings. The van der Waals surface area contributed by atoms with Crippen LogP contribution in [0.4, 0.5) is 5.95 Å². The molecule has 0 atom stereocenters. The fraction of sp³-hybridized carbons (Fsp3) is 0.222. The number of fused-ring (bicyclic) bond motifs is 1.